The molecule has 2 aliphatic rings. The van der Waals surface area contributed by atoms with Gasteiger partial charge in [0.1, 0.15) is 21.3 Å². The molecule has 0 spiro atoms. The summed E-state index contributed by atoms with van der Waals surface area (Å²) in [4.78, 5) is 32.0. The SMILES string of the molecule is CCOC(=O)c1sc2nc(SCc3cc(F)cc4c3OCOC4)n(CCC3=CCCCC3)c(=O)c2c1C. The van der Waals surface area contributed by atoms with Crippen molar-refractivity contribution in [1.82, 2.24) is 9.55 Å². The number of allylic oxidation sites excluding steroid dienone is 2. The van der Waals surface area contributed by atoms with Crippen LogP contribution in [0.15, 0.2) is 33.7 Å². The molecule has 1 aliphatic heterocycles. The Bertz CT molecular complexity index is 1430. The number of thioether (sulfide) groups is 1. The van der Waals surface area contributed by atoms with Gasteiger partial charge in [0.05, 0.1) is 18.6 Å². The van der Waals surface area contributed by atoms with E-state index < -0.39 is 5.97 Å². The second kappa shape index (κ2) is 11.4. The number of nitrogens with zero attached hydrogens (tertiary/aromatic N) is 2. The maximum atomic E-state index is 14.3. The lowest BCUT2D eigenvalue weighted by Gasteiger charge is -2.21. The van der Waals surface area contributed by atoms with E-state index in [0.717, 1.165) is 19.3 Å². The number of hydrogen-bond donors (Lipinski definition) is 0. The van der Waals surface area contributed by atoms with Gasteiger partial charge in [-0.3, -0.25) is 9.36 Å². The highest BCUT2D eigenvalue weighted by Crippen LogP contribution is 2.35. The molecule has 1 aromatic carbocycles. The lowest BCUT2D eigenvalue weighted by molar-refractivity contribution is -0.0171. The van der Waals surface area contributed by atoms with Gasteiger partial charge in [-0.1, -0.05) is 23.4 Å². The second-order valence-electron chi connectivity index (χ2n) is 9.12. The van der Waals surface area contributed by atoms with Gasteiger partial charge in [0.15, 0.2) is 11.9 Å². The van der Waals surface area contributed by atoms with Crippen LogP contribution < -0.4 is 10.3 Å². The molecule has 0 unspecified atom stereocenters. The highest BCUT2D eigenvalue weighted by Gasteiger charge is 2.24. The van der Waals surface area contributed by atoms with Crippen molar-refractivity contribution in [3.63, 3.8) is 0 Å². The molecule has 10 heteroatoms. The fourth-order valence-electron chi connectivity index (χ4n) is 4.79. The molecule has 0 N–H and O–H groups in total. The van der Waals surface area contributed by atoms with Crippen LogP contribution in [0.5, 0.6) is 5.75 Å². The first kappa shape index (κ1) is 25.9. The van der Waals surface area contributed by atoms with E-state index >= 15 is 0 Å². The third-order valence-corrected chi connectivity index (χ3v) is 8.82. The van der Waals surface area contributed by atoms with Crippen LogP contribution in [0, 0.1) is 12.7 Å². The highest BCUT2D eigenvalue weighted by molar-refractivity contribution is 7.98. The number of benzene rings is 1. The topological polar surface area (TPSA) is 79.7 Å². The minimum absolute atomic E-state index is 0.117. The smallest absolute Gasteiger partial charge is 0.348 e. The lowest BCUT2D eigenvalue weighted by Crippen LogP contribution is -2.24. The third-order valence-electron chi connectivity index (χ3n) is 6.63. The lowest BCUT2D eigenvalue weighted by atomic mass is 9.97. The summed E-state index contributed by atoms with van der Waals surface area (Å²) in [7, 11) is 0. The molecule has 0 amide bonds. The summed E-state index contributed by atoms with van der Waals surface area (Å²) in [5, 5.41) is 0.995. The number of rotatable bonds is 8. The van der Waals surface area contributed by atoms with Crippen LogP contribution in [0.3, 0.4) is 0 Å². The second-order valence-corrected chi connectivity index (χ2v) is 11.1. The number of ether oxygens (including phenoxy) is 3. The van der Waals surface area contributed by atoms with Gasteiger partial charge in [-0.2, -0.15) is 0 Å². The summed E-state index contributed by atoms with van der Waals surface area (Å²) in [6.45, 7) is 4.68. The summed E-state index contributed by atoms with van der Waals surface area (Å²) >= 11 is 2.54. The van der Waals surface area contributed by atoms with Gasteiger partial charge in [0, 0.05) is 23.4 Å². The molecule has 0 fully saturated rings. The fourth-order valence-corrected chi connectivity index (χ4v) is 6.90. The van der Waals surface area contributed by atoms with Crippen molar-refractivity contribution in [3.8, 4) is 5.75 Å². The number of aryl methyl sites for hydroxylation is 1. The van der Waals surface area contributed by atoms with Crippen LogP contribution >= 0.6 is 23.1 Å². The Kier molecular flexibility index (Phi) is 7.97. The molecule has 3 heterocycles. The molecule has 3 aromatic rings. The Balaban J connectivity index is 1.53. The van der Waals surface area contributed by atoms with Crippen LogP contribution in [0.4, 0.5) is 4.39 Å². The van der Waals surface area contributed by atoms with Crippen molar-refractivity contribution in [2.45, 2.75) is 70.0 Å². The maximum Gasteiger partial charge on any atom is 0.348 e. The van der Waals surface area contributed by atoms with Crippen LogP contribution in [-0.2, 0) is 28.4 Å². The minimum atomic E-state index is -0.443. The van der Waals surface area contributed by atoms with Crippen LogP contribution in [0.2, 0.25) is 0 Å². The standard InChI is InChI=1S/C27H29FN2O5S2/c1-3-34-26(32)23-16(2)21-24(37-23)29-27(30(25(21)31)10-9-17-7-5-4-6-8-17)36-14-19-12-20(28)11-18-13-33-15-35-22(18)19/h7,11-12H,3-6,8-10,13-15H2,1-2H3. The van der Waals surface area contributed by atoms with Crippen molar-refractivity contribution >= 4 is 39.3 Å². The molecule has 0 saturated heterocycles. The fraction of sp³-hybridized carbons (Fsp3) is 0.444. The molecule has 0 saturated carbocycles. The average molecular weight is 545 g/mol. The number of fused-ring (bicyclic) bond motifs is 2. The van der Waals surface area contributed by atoms with E-state index in [1.165, 1.54) is 53.6 Å². The van der Waals surface area contributed by atoms with E-state index in [1.807, 2.05) is 0 Å². The predicted octanol–water partition coefficient (Wildman–Crippen LogP) is 6.13. The Morgan fingerprint density at radius 1 is 1.32 bits per heavy atom. The molecule has 196 valence electrons. The Hall–Kier alpha value is -2.69. The summed E-state index contributed by atoms with van der Waals surface area (Å²) in [6, 6.07) is 2.88. The number of carbonyl (C=O) groups is 1. The molecule has 5 rings (SSSR count). The zero-order valence-corrected chi connectivity index (χ0v) is 22.6. The van der Waals surface area contributed by atoms with Crippen molar-refractivity contribution in [2.24, 2.45) is 0 Å². The molecule has 7 nitrogen and oxygen atoms in total. The molecule has 2 aromatic heterocycles. The van der Waals surface area contributed by atoms with E-state index in [1.54, 1.807) is 18.4 Å². The molecule has 37 heavy (non-hydrogen) atoms. The van der Waals surface area contributed by atoms with E-state index in [9.17, 15) is 14.0 Å². The van der Waals surface area contributed by atoms with Crippen molar-refractivity contribution in [1.29, 1.82) is 0 Å². The normalized spacial score (nSPS) is 15.3. The zero-order valence-electron chi connectivity index (χ0n) is 20.9. The maximum absolute atomic E-state index is 14.3. The van der Waals surface area contributed by atoms with E-state index in [-0.39, 0.29) is 24.8 Å². The number of esters is 1. The molecule has 0 bridgehead atoms. The number of aromatic nitrogens is 2. The van der Waals surface area contributed by atoms with Crippen molar-refractivity contribution in [2.75, 3.05) is 13.4 Å². The van der Waals surface area contributed by atoms with Crippen LogP contribution in [0.25, 0.3) is 10.2 Å². The summed E-state index contributed by atoms with van der Waals surface area (Å²) in [6.07, 6.45) is 7.54. The van der Waals surface area contributed by atoms with Gasteiger partial charge < -0.3 is 14.2 Å². The first-order valence-electron chi connectivity index (χ1n) is 12.5. The molecular formula is C27H29FN2O5S2. The van der Waals surface area contributed by atoms with Gasteiger partial charge in [0.25, 0.3) is 5.56 Å². The van der Waals surface area contributed by atoms with Gasteiger partial charge in [-0.15, -0.1) is 11.3 Å². The van der Waals surface area contributed by atoms with E-state index in [2.05, 4.69) is 6.08 Å². The predicted molar refractivity (Wildman–Crippen MR) is 142 cm³/mol. The molecule has 0 radical (unpaired) electrons. The number of carbonyl (C=O) groups excluding carboxylic acids is 1. The molecule has 0 atom stereocenters. The first-order chi connectivity index (χ1) is 18.0. The minimum Gasteiger partial charge on any atom is -0.467 e. The Morgan fingerprint density at radius 3 is 2.97 bits per heavy atom. The number of halogens is 1. The van der Waals surface area contributed by atoms with Crippen LogP contribution in [0.1, 0.15) is 65.4 Å². The van der Waals surface area contributed by atoms with Gasteiger partial charge >= 0.3 is 5.97 Å². The zero-order chi connectivity index (χ0) is 25.9. The van der Waals surface area contributed by atoms with Crippen molar-refractivity contribution < 1.29 is 23.4 Å². The largest absolute Gasteiger partial charge is 0.467 e. The van der Waals surface area contributed by atoms with Gasteiger partial charge in [-0.05, 0) is 63.6 Å². The molecule has 1 aliphatic carbocycles. The van der Waals surface area contributed by atoms with Gasteiger partial charge in [0.2, 0.25) is 0 Å². The summed E-state index contributed by atoms with van der Waals surface area (Å²) in [5.74, 6) is 0.192. The number of thiophene rings is 1. The van der Waals surface area contributed by atoms with E-state index in [0.29, 0.717) is 61.6 Å². The summed E-state index contributed by atoms with van der Waals surface area (Å²) < 4.78 is 32.2. The Labute approximate surface area is 222 Å². The Morgan fingerprint density at radius 2 is 2.19 bits per heavy atom. The highest BCUT2D eigenvalue weighted by atomic mass is 32.2. The monoisotopic (exact) mass is 544 g/mol. The summed E-state index contributed by atoms with van der Waals surface area (Å²) in [5.41, 5.74) is 3.15. The average Bonchev–Trinajstić information content (AvgIpc) is 3.23. The number of hydrogen-bond acceptors (Lipinski definition) is 8. The van der Waals surface area contributed by atoms with E-state index in [4.69, 9.17) is 19.2 Å². The van der Waals surface area contributed by atoms with Crippen LogP contribution in [-0.4, -0.2) is 28.9 Å². The van der Waals surface area contributed by atoms with Gasteiger partial charge in [-0.25, -0.2) is 14.2 Å². The third kappa shape index (κ3) is 5.46. The quantitative estimate of drug-likeness (QED) is 0.146. The first-order valence-corrected chi connectivity index (χ1v) is 14.3. The molecular weight excluding hydrogens is 515 g/mol. The van der Waals surface area contributed by atoms with Crippen molar-refractivity contribution in [3.05, 3.63) is 61.5 Å².